The van der Waals surface area contributed by atoms with Crippen LogP contribution < -0.4 is 5.32 Å². The molecule has 1 amide bonds. The lowest BCUT2D eigenvalue weighted by Crippen LogP contribution is -2.50. The van der Waals surface area contributed by atoms with E-state index in [4.69, 9.17) is 0 Å². The van der Waals surface area contributed by atoms with Gasteiger partial charge in [-0.05, 0) is 37.5 Å². The lowest BCUT2D eigenvalue weighted by Gasteiger charge is -2.38. The Kier molecular flexibility index (Phi) is 6.04. The highest BCUT2D eigenvalue weighted by Crippen LogP contribution is 2.28. The van der Waals surface area contributed by atoms with Crippen LogP contribution in [0.25, 0.3) is 0 Å². The van der Waals surface area contributed by atoms with Gasteiger partial charge in [-0.1, -0.05) is 41.3 Å². The Bertz CT molecular complexity index is 717. The minimum atomic E-state index is -3.01. The van der Waals surface area contributed by atoms with Gasteiger partial charge in [0.15, 0.2) is 9.84 Å². The van der Waals surface area contributed by atoms with Gasteiger partial charge in [-0.15, -0.1) is 0 Å². The van der Waals surface area contributed by atoms with E-state index in [1.54, 1.807) is 0 Å². The van der Waals surface area contributed by atoms with Gasteiger partial charge in [0.1, 0.15) is 0 Å². The molecule has 0 spiro atoms. The van der Waals surface area contributed by atoms with E-state index in [9.17, 15) is 13.2 Å². The standard InChI is InChI=1S/C18H25BrN2O3S/c19-14-5-4-6-15(11-14)20-12-18(22)21(16-7-2-1-3-8-16)17-9-10-25(23,24)13-17/h4-6,11,16-17,20H,1-3,7-10,12-13H2/t17-/m0/s1. The van der Waals surface area contributed by atoms with Crippen molar-refractivity contribution in [3.8, 4) is 0 Å². The molecule has 138 valence electrons. The van der Waals surface area contributed by atoms with Crippen LogP contribution >= 0.6 is 15.9 Å². The van der Waals surface area contributed by atoms with E-state index in [2.05, 4.69) is 21.2 Å². The van der Waals surface area contributed by atoms with Crippen LogP contribution in [0.5, 0.6) is 0 Å². The Labute approximate surface area is 158 Å². The highest BCUT2D eigenvalue weighted by Gasteiger charge is 2.38. The van der Waals surface area contributed by atoms with Gasteiger partial charge in [0.05, 0.1) is 18.1 Å². The molecule has 3 rings (SSSR count). The molecule has 5 nitrogen and oxygen atoms in total. The van der Waals surface area contributed by atoms with E-state index in [0.717, 1.165) is 35.8 Å². The molecule has 25 heavy (non-hydrogen) atoms. The molecule has 1 heterocycles. The van der Waals surface area contributed by atoms with Gasteiger partial charge in [0, 0.05) is 22.2 Å². The molecule has 2 fully saturated rings. The number of amides is 1. The second-order valence-electron chi connectivity index (χ2n) is 7.01. The number of hydrogen-bond donors (Lipinski definition) is 1. The molecule has 0 unspecified atom stereocenters. The van der Waals surface area contributed by atoms with Crippen molar-refractivity contribution in [3.05, 3.63) is 28.7 Å². The average Bonchev–Trinajstić information content (AvgIpc) is 2.94. The Morgan fingerprint density at radius 3 is 2.56 bits per heavy atom. The summed E-state index contributed by atoms with van der Waals surface area (Å²) in [7, 11) is -3.01. The zero-order valence-electron chi connectivity index (χ0n) is 14.3. The van der Waals surface area contributed by atoms with Gasteiger partial charge in [-0.3, -0.25) is 4.79 Å². The first-order valence-electron chi connectivity index (χ1n) is 8.96. The molecule has 1 aromatic carbocycles. The zero-order chi connectivity index (χ0) is 17.9. The highest BCUT2D eigenvalue weighted by molar-refractivity contribution is 9.10. The first-order chi connectivity index (χ1) is 11.9. The Balaban J connectivity index is 1.70. The van der Waals surface area contributed by atoms with Crippen molar-refractivity contribution in [1.82, 2.24) is 4.90 Å². The second kappa shape index (κ2) is 8.08. The molecule has 1 saturated carbocycles. The van der Waals surface area contributed by atoms with Crippen molar-refractivity contribution < 1.29 is 13.2 Å². The zero-order valence-corrected chi connectivity index (χ0v) is 16.7. The number of carbonyl (C=O) groups excluding carboxylic acids is 1. The highest BCUT2D eigenvalue weighted by atomic mass is 79.9. The fourth-order valence-corrected chi connectivity index (χ4v) is 6.04. The maximum atomic E-state index is 13.0. The van der Waals surface area contributed by atoms with Crippen LogP contribution in [-0.4, -0.2) is 49.4 Å². The number of anilines is 1. The van der Waals surface area contributed by atoms with Crippen LogP contribution in [0.15, 0.2) is 28.7 Å². The first kappa shape index (κ1) is 18.7. The van der Waals surface area contributed by atoms with E-state index in [-0.39, 0.29) is 36.0 Å². The molecule has 1 saturated heterocycles. The third-order valence-corrected chi connectivity index (χ3v) is 7.37. The monoisotopic (exact) mass is 428 g/mol. The number of sulfone groups is 1. The van der Waals surface area contributed by atoms with E-state index in [1.165, 1.54) is 6.42 Å². The lowest BCUT2D eigenvalue weighted by atomic mass is 9.93. The van der Waals surface area contributed by atoms with Gasteiger partial charge >= 0.3 is 0 Å². The second-order valence-corrected chi connectivity index (χ2v) is 10.2. The predicted octanol–water partition coefficient (Wildman–Crippen LogP) is 3.21. The summed E-state index contributed by atoms with van der Waals surface area (Å²) in [6.45, 7) is 0.198. The summed E-state index contributed by atoms with van der Waals surface area (Å²) >= 11 is 3.43. The summed E-state index contributed by atoms with van der Waals surface area (Å²) < 4.78 is 24.8. The van der Waals surface area contributed by atoms with Crippen molar-refractivity contribution >= 4 is 37.4 Å². The van der Waals surface area contributed by atoms with Crippen LogP contribution in [-0.2, 0) is 14.6 Å². The van der Waals surface area contributed by atoms with Crippen molar-refractivity contribution in [2.75, 3.05) is 23.4 Å². The van der Waals surface area contributed by atoms with Crippen LogP contribution in [0.4, 0.5) is 5.69 Å². The molecule has 1 aliphatic heterocycles. The largest absolute Gasteiger partial charge is 0.376 e. The smallest absolute Gasteiger partial charge is 0.242 e. The number of nitrogens with zero attached hydrogens (tertiary/aromatic N) is 1. The van der Waals surface area contributed by atoms with Gasteiger partial charge < -0.3 is 10.2 Å². The van der Waals surface area contributed by atoms with Crippen molar-refractivity contribution in [2.24, 2.45) is 0 Å². The first-order valence-corrected chi connectivity index (χ1v) is 11.6. The summed E-state index contributed by atoms with van der Waals surface area (Å²) in [4.78, 5) is 14.9. The van der Waals surface area contributed by atoms with Crippen molar-refractivity contribution in [2.45, 2.75) is 50.6 Å². The lowest BCUT2D eigenvalue weighted by molar-refractivity contribution is -0.134. The van der Waals surface area contributed by atoms with Crippen molar-refractivity contribution in [1.29, 1.82) is 0 Å². The Morgan fingerprint density at radius 2 is 1.92 bits per heavy atom. The summed E-state index contributed by atoms with van der Waals surface area (Å²) in [6.07, 6.45) is 5.98. The minimum absolute atomic E-state index is 0.00831. The molecule has 0 aromatic heterocycles. The molecular weight excluding hydrogens is 404 g/mol. The third kappa shape index (κ3) is 4.97. The molecule has 1 aliphatic carbocycles. The fourth-order valence-electron chi connectivity index (χ4n) is 3.93. The third-order valence-electron chi connectivity index (χ3n) is 5.13. The van der Waals surface area contributed by atoms with Crippen LogP contribution in [0, 0.1) is 0 Å². The molecule has 1 N–H and O–H groups in total. The minimum Gasteiger partial charge on any atom is -0.376 e. The summed E-state index contributed by atoms with van der Waals surface area (Å²) in [6, 6.07) is 7.72. The van der Waals surface area contributed by atoms with E-state index in [1.807, 2.05) is 29.2 Å². The van der Waals surface area contributed by atoms with Gasteiger partial charge in [-0.2, -0.15) is 0 Å². The maximum Gasteiger partial charge on any atom is 0.242 e. The average molecular weight is 429 g/mol. The number of nitrogens with one attached hydrogen (secondary N) is 1. The molecule has 7 heteroatoms. The molecule has 0 bridgehead atoms. The van der Waals surface area contributed by atoms with E-state index in [0.29, 0.717) is 6.42 Å². The normalized spacial score (nSPS) is 23.3. The number of carbonyl (C=O) groups is 1. The molecule has 2 aliphatic rings. The van der Waals surface area contributed by atoms with E-state index >= 15 is 0 Å². The number of halogens is 1. The van der Waals surface area contributed by atoms with Crippen molar-refractivity contribution in [3.63, 3.8) is 0 Å². The SMILES string of the molecule is O=C(CNc1cccc(Br)c1)N(C1CCCCC1)[C@H]1CCS(=O)(=O)C1. The molecule has 1 atom stereocenters. The Morgan fingerprint density at radius 1 is 1.16 bits per heavy atom. The molecule has 0 radical (unpaired) electrons. The number of rotatable bonds is 5. The summed E-state index contributed by atoms with van der Waals surface area (Å²) in [5.74, 6) is 0.327. The molecular formula is C18H25BrN2O3S. The summed E-state index contributed by atoms with van der Waals surface area (Å²) in [5, 5.41) is 3.18. The number of hydrogen-bond acceptors (Lipinski definition) is 4. The molecule has 1 aromatic rings. The van der Waals surface area contributed by atoms with Gasteiger partial charge in [0.25, 0.3) is 0 Å². The van der Waals surface area contributed by atoms with Gasteiger partial charge in [0.2, 0.25) is 5.91 Å². The summed E-state index contributed by atoms with van der Waals surface area (Å²) in [5.41, 5.74) is 0.880. The predicted molar refractivity (Wildman–Crippen MR) is 103 cm³/mol. The van der Waals surface area contributed by atoms with Crippen LogP contribution in [0.1, 0.15) is 38.5 Å². The fraction of sp³-hybridized carbons (Fsp3) is 0.611. The van der Waals surface area contributed by atoms with Crippen LogP contribution in [0.3, 0.4) is 0 Å². The maximum absolute atomic E-state index is 13.0. The van der Waals surface area contributed by atoms with Gasteiger partial charge in [-0.25, -0.2) is 8.42 Å². The van der Waals surface area contributed by atoms with Crippen LogP contribution in [0.2, 0.25) is 0 Å². The number of benzene rings is 1. The Hall–Kier alpha value is -1.08. The van der Waals surface area contributed by atoms with E-state index < -0.39 is 9.84 Å². The quantitative estimate of drug-likeness (QED) is 0.781. The topological polar surface area (TPSA) is 66.5 Å².